The van der Waals surface area contributed by atoms with Crippen molar-refractivity contribution >= 4 is 21.6 Å². The van der Waals surface area contributed by atoms with Crippen LogP contribution in [-0.4, -0.2) is 31.7 Å². The molecule has 1 aromatic heterocycles. The Morgan fingerprint density at radius 3 is 2.44 bits per heavy atom. The molecule has 25 heavy (non-hydrogen) atoms. The van der Waals surface area contributed by atoms with E-state index in [-0.39, 0.29) is 17.3 Å². The molecule has 3 rings (SSSR count). The zero-order chi connectivity index (χ0) is 17.9. The standard InChI is InChI=1S/C18H21N3O3S/c1-15-6-2-3-11-20(15)14-18(22)19-16-7-9-17(10-8-16)25(23,24)21-12-4-5-13-21/h2-3,6-11H,4-5,12-14H2,1H3/p+1. The van der Waals surface area contributed by atoms with E-state index >= 15 is 0 Å². The van der Waals surface area contributed by atoms with Crippen molar-refractivity contribution in [3.63, 3.8) is 0 Å². The Morgan fingerprint density at radius 1 is 1.12 bits per heavy atom. The molecule has 1 aliphatic heterocycles. The van der Waals surface area contributed by atoms with Crippen LogP contribution in [-0.2, 0) is 21.4 Å². The third-order valence-electron chi connectivity index (χ3n) is 4.32. The number of carbonyl (C=O) groups is 1. The summed E-state index contributed by atoms with van der Waals surface area (Å²) in [5.74, 6) is -0.158. The number of nitrogens with zero attached hydrogens (tertiary/aromatic N) is 2. The molecule has 0 saturated carbocycles. The van der Waals surface area contributed by atoms with Crippen molar-refractivity contribution in [3.05, 3.63) is 54.4 Å². The average Bonchev–Trinajstić information content (AvgIpc) is 3.13. The number of hydrogen-bond donors (Lipinski definition) is 1. The molecule has 1 aliphatic rings. The van der Waals surface area contributed by atoms with Crippen LogP contribution in [0.3, 0.4) is 0 Å². The molecule has 1 amide bonds. The minimum Gasteiger partial charge on any atom is -0.321 e. The molecule has 1 fully saturated rings. The van der Waals surface area contributed by atoms with Crippen LogP contribution in [0.15, 0.2) is 53.6 Å². The first kappa shape index (κ1) is 17.6. The Kier molecular flexibility index (Phi) is 5.15. The second-order valence-electron chi connectivity index (χ2n) is 6.15. The number of aromatic nitrogens is 1. The molecular formula is C18H22N3O3S+. The van der Waals surface area contributed by atoms with Crippen LogP contribution in [0.4, 0.5) is 5.69 Å². The molecule has 1 N–H and O–H groups in total. The van der Waals surface area contributed by atoms with Gasteiger partial charge in [0, 0.05) is 37.8 Å². The van der Waals surface area contributed by atoms with E-state index in [2.05, 4.69) is 5.32 Å². The lowest BCUT2D eigenvalue weighted by atomic mass is 10.3. The number of pyridine rings is 1. The summed E-state index contributed by atoms with van der Waals surface area (Å²) in [7, 11) is -3.42. The highest BCUT2D eigenvalue weighted by atomic mass is 32.2. The summed E-state index contributed by atoms with van der Waals surface area (Å²) in [6.45, 7) is 3.30. The van der Waals surface area contributed by atoms with Gasteiger partial charge in [-0.2, -0.15) is 8.87 Å². The number of sulfonamides is 1. The van der Waals surface area contributed by atoms with Crippen LogP contribution in [0, 0.1) is 6.92 Å². The lowest BCUT2D eigenvalue weighted by Crippen LogP contribution is -2.42. The summed E-state index contributed by atoms with van der Waals surface area (Å²) in [5, 5.41) is 2.80. The third kappa shape index (κ3) is 4.05. The van der Waals surface area contributed by atoms with Crippen molar-refractivity contribution in [1.82, 2.24) is 4.31 Å². The van der Waals surface area contributed by atoms with E-state index in [1.807, 2.05) is 35.9 Å². The van der Waals surface area contributed by atoms with E-state index in [0.717, 1.165) is 18.5 Å². The molecule has 1 saturated heterocycles. The normalized spacial score (nSPS) is 15.2. The topological polar surface area (TPSA) is 70.4 Å². The summed E-state index contributed by atoms with van der Waals surface area (Å²) in [6.07, 6.45) is 3.66. The first-order valence-corrected chi connectivity index (χ1v) is 9.76. The van der Waals surface area contributed by atoms with Crippen molar-refractivity contribution < 1.29 is 17.8 Å². The summed E-state index contributed by atoms with van der Waals surface area (Å²) in [5.41, 5.74) is 1.57. The third-order valence-corrected chi connectivity index (χ3v) is 6.24. The molecule has 132 valence electrons. The summed E-state index contributed by atoms with van der Waals surface area (Å²) in [6, 6.07) is 12.1. The van der Waals surface area contributed by atoms with Crippen LogP contribution in [0.5, 0.6) is 0 Å². The van der Waals surface area contributed by atoms with E-state index in [1.165, 1.54) is 4.31 Å². The van der Waals surface area contributed by atoms with Gasteiger partial charge in [0.15, 0.2) is 11.9 Å². The van der Waals surface area contributed by atoms with Crippen molar-refractivity contribution in [2.75, 3.05) is 18.4 Å². The van der Waals surface area contributed by atoms with Crippen LogP contribution in [0.25, 0.3) is 0 Å². The molecule has 2 aromatic rings. The highest BCUT2D eigenvalue weighted by Crippen LogP contribution is 2.22. The van der Waals surface area contributed by atoms with Crippen LogP contribution >= 0.6 is 0 Å². The van der Waals surface area contributed by atoms with Crippen LogP contribution in [0.2, 0.25) is 0 Å². The minimum absolute atomic E-state index is 0.158. The van der Waals surface area contributed by atoms with E-state index in [9.17, 15) is 13.2 Å². The Hall–Kier alpha value is -2.25. The molecule has 1 aromatic carbocycles. The van der Waals surface area contributed by atoms with Gasteiger partial charge in [-0.25, -0.2) is 8.42 Å². The van der Waals surface area contributed by atoms with Gasteiger partial charge in [-0.3, -0.25) is 4.79 Å². The predicted molar refractivity (Wildman–Crippen MR) is 94.4 cm³/mol. The molecule has 0 radical (unpaired) electrons. The molecule has 2 heterocycles. The predicted octanol–water partition coefficient (Wildman–Crippen LogP) is 1.71. The van der Waals surface area contributed by atoms with E-state index in [4.69, 9.17) is 0 Å². The van der Waals surface area contributed by atoms with Gasteiger partial charge < -0.3 is 5.32 Å². The number of rotatable bonds is 5. The lowest BCUT2D eigenvalue weighted by Gasteiger charge is -2.15. The number of carbonyl (C=O) groups excluding carboxylic acids is 1. The highest BCUT2D eigenvalue weighted by molar-refractivity contribution is 7.89. The van der Waals surface area contributed by atoms with Crippen LogP contribution in [0.1, 0.15) is 18.5 Å². The zero-order valence-electron chi connectivity index (χ0n) is 14.2. The van der Waals surface area contributed by atoms with E-state index in [1.54, 1.807) is 24.3 Å². The summed E-state index contributed by atoms with van der Waals surface area (Å²) < 4.78 is 28.3. The molecule has 0 atom stereocenters. The second kappa shape index (κ2) is 7.33. The number of nitrogens with one attached hydrogen (secondary N) is 1. The van der Waals surface area contributed by atoms with Gasteiger partial charge >= 0.3 is 0 Å². The maximum Gasteiger partial charge on any atom is 0.290 e. The smallest absolute Gasteiger partial charge is 0.290 e. The Balaban J connectivity index is 1.66. The number of anilines is 1. The van der Waals surface area contributed by atoms with Gasteiger partial charge in [-0.1, -0.05) is 6.07 Å². The van der Waals surface area contributed by atoms with Crippen LogP contribution < -0.4 is 9.88 Å². The molecule has 0 aliphatic carbocycles. The summed E-state index contributed by atoms with van der Waals surface area (Å²) >= 11 is 0. The molecule has 6 nitrogen and oxygen atoms in total. The fourth-order valence-corrected chi connectivity index (χ4v) is 4.40. The second-order valence-corrected chi connectivity index (χ2v) is 8.09. The number of amides is 1. The van der Waals surface area contributed by atoms with Gasteiger partial charge in [0.25, 0.3) is 5.91 Å². The zero-order valence-corrected chi connectivity index (χ0v) is 15.0. The summed E-state index contributed by atoms with van der Waals surface area (Å²) in [4.78, 5) is 12.4. The fraction of sp³-hybridized carbons (Fsp3) is 0.333. The van der Waals surface area contributed by atoms with E-state index in [0.29, 0.717) is 18.8 Å². The molecule has 0 unspecified atom stereocenters. The van der Waals surface area contributed by atoms with Gasteiger partial charge in [0.1, 0.15) is 0 Å². The average molecular weight is 360 g/mol. The molecule has 7 heteroatoms. The van der Waals surface area contributed by atoms with Crippen molar-refractivity contribution in [1.29, 1.82) is 0 Å². The SMILES string of the molecule is Cc1cccc[n+]1CC(=O)Nc1ccc(S(=O)(=O)N2CCCC2)cc1. The van der Waals surface area contributed by atoms with E-state index < -0.39 is 10.0 Å². The molecular weight excluding hydrogens is 338 g/mol. The van der Waals surface area contributed by atoms with Crippen molar-refractivity contribution in [3.8, 4) is 0 Å². The highest BCUT2D eigenvalue weighted by Gasteiger charge is 2.27. The largest absolute Gasteiger partial charge is 0.321 e. The minimum atomic E-state index is -3.42. The first-order valence-electron chi connectivity index (χ1n) is 8.32. The van der Waals surface area contributed by atoms with Crippen molar-refractivity contribution in [2.24, 2.45) is 0 Å². The molecule has 0 bridgehead atoms. The molecule has 0 spiro atoms. The Bertz CT molecular complexity index is 857. The van der Waals surface area contributed by atoms with Gasteiger partial charge in [-0.05, 0) is 37.1 Å². The quantitative estimate of drug-likeness (QED) is 0.825. The fourth-order valence-electron chi connectivity index (χ4n) is 2.88. The van der Waals surface area contributed by atoms with Gasteiger partial charge in [-0.15, -0.1) is 0 Å². The Morgan fingerprint density at radius 2 is 1.80 bits per heavy atom. The number of hydrogen-bond acceptors (Lipinski definition) is 3. The van der Waals surface area contributed by atoms with Gasteiger partial charge in [0.05, 0.1) is 4.90 Å². The monoisotopic (exact) mass is 360 g/mol. The first-order chi connectivity index (χ1) is 12.0. The maximum absolute atomic E-state index is 12.5. The Labute approximate surface area is 148 Å². The van der Waals surface area contributed by atoms with Gasteiger partial charge in [0.2, 0.25) is 16.6 Å². The number of benzene rings is 1. The lowest BCUT2D eigenvalue weighted by molar-refractivity contribution is -0.690. The van der Waals surface area contributed by atoms with Crippen molar-refractivity contribution in [2.45, 2.75) is 31.2 Å². The number of aryl methyl sites for hydroxylation is 1. The maximum atomic E-state index is 12.5.